The second kappa shape index (κ2) is 7.14. The molecule has 0 radical (unpaired) electrons. The van der Waals surface area contributed by atoms with Crippen LogP contribution in [0.3, 0.4) is 0 Å². The van der Waals surface area contributed by atoms with Crippen LogP contribution >= 0.6 is 11.6 Å². The van der Waals surface area contributed by atoms with Gasteiger partial charge in [0.2, 0.25) is 0 Å². The Morgan fingerprint density at radius 2 is 2.10 bits per heavy atom. The molecular formula is C16H24ClN3O. The Labute approximate surface area is 132 Å². The summed E-state index contributed by atoms with van der Waals surface area (Å²) in [6.45, 7) is 4.87. The normalized spacial score (nSPS) is 16.8. The summed E-state index contributed by atoms with van der Waals surface area (Å²) < 4.78 is 0. The van der Waals surface area contributed by atoms with Crippen LogP contribution in [0.5, 0.6) is 0 Å². The van der Waals surface area contributed by atoms with E-state index in [1.807, 2.05) is 31.0 Å². The van der Waals surface area contributed by atoms with Gasteiger partial charge < -0.3 is 15.1 Å². The van der Waals surface area contributed by atoms with Crippen LogP contribution in [-0.4, -0.2) is 55.5 Å². The van der Waals surface area contributed by atoms with Gasteiger partial charge in [0.05, 0.1) is 5.56 Å². The first kappa shape index (κ1) is 16.1. The molecule has 116 valence electrons. The van der Waals surface area contributed by atoms with Gasteiger partial charge in [0.1, 0.15) is 0 Å². The summed E-state index contributed by atoms with van der Waals surface area (Å²) in [6, 6.07) is 5.75. The second-order valence-corrected chi connectivity index (χ2v) is 6.11. The summed E-state index contributed by atoms with van der Waals surface area (Å²) in [5.41, 5.74) is 1.51. The summed E-state index contributed by atoms with van der Waals surface area (Å²) in [6.07, 6.45) is 2.05. The van der Waals surface area contributed by atoms with Crippen LogP contribution in [0, 0.1) is 0 Å². The van der Waals surface area contributed by atoms with E-state index >= 15 is 0 Å². The van der Waals surface area contributed by atoms with E-state index in [9.17, 15) is 4.79 Å². The summed E-state index contributed by atoms with van der Waals surface area (Å²) >= 11 is 6.07. The van der Waals surface area contributed by atoms with Gasteiger partial charge in [0.15, 0.2) is 0 Å². The standard InChI is InChI=1S/C16H24ClN3O/c1-4-18-15-6-5-12(17)11-14(15)16(21)20(3)13-7-9-19(2)10-8-13/h5-6,11,13,18H,4,7-10H2,1-3H3. The molecule has 1 heterocycles. The smallest absolute Gasteiger partial charge is 0.255 e. The van der Waals surface area contributed by atoms with Crippen LogP contribution in [0.25, 0.3) is 0 Å². The zero-order valence-electron chi connectivity index (χ0n) is 13.0. The van der Waals surface area contributed by atoms with Gasteiger partial charge in [-0.15, -0.1) is 0 Å². The fraction of sp³-hybridized carbons (Fsp3) is 0.562. The van der Waals surface area contributed by atoms with Crippen molar-refractivity contribution >= 4 is 23.2 Å². The van der Waals surface area contributed by atoms with Crippen molar-refractivity contribution in [2.24, 2.45) is 0 Å². The highest BCUT2D eigenvalue weighted by molar-refractivity contribution is 6.31. The minimum Gasteiger partial charge on any atom is -0.385 e. The maximum absolute atomic E-state index is 12.8. The van der Waals surface area contributed by atoms with Crippen molar-refractivity contribution in [1.82, 2.24) is 9.80 Å². The number of likely N-dealkylation sites (tertiary alicyclic amines) is 1. The Bertz CT molecular complexity index is 498. The van der Waals surface area contributed by atoms with Gasteiger partial charge in [0.25, 0.3) is 5.91 Å². The van der Waals surface area contributed by atoms with Gasteiger partial charge in [-0.05, 0) is 58.1 Å². The second-order valence-electron chi connectivity index (χ2n) is 5.67. The number of rotatable bonds is 4. The van der Waals surface area contributed by atoms with E-state index in [1.165, 1.54) is 0 Å². The number of piperidine rings is 1. The van der Waals surface area contributed by atoms with E-state index in [2.05, 4.69) is 17.3 Å². The number of carbonyl (C=O) groups excluding carboxylic acids is 1. The molecule has 0 aromatic heterocycles. The third kappa shape index (κ3) is 3.89. The molecule has 0 aliphatic carbocycles. The number of benzene rings is 1. The van der Waals surface area contributed by atoms with Crippen molar-refractivity contribution in [3.63, 3.8) is 0 Å². The summed E-state index contributed by atoms with van der Waals surface area (Å²) in [5, 5.41) is 3.83. The van der Waals surface area contributed by atoms with Gasteiger partial charge in [-0.25, -0.2) is 0 Å². The van der Waals surface area contributed by atoms with Crippen molar-refractivity contribution in [3.05, 3.63) is 28.8 Å². The minimum atomic E-state index is 0.0444. The third-order valence-corrected chi connectivity index (χ3v) is 4.37. The fourth-order valence-electron chi connectivity index (χ4n) is 2.78. The Morgan fingerprint density at radius 1 is 1.43 bits per heavy atom. The molecule has 1 fully saturated rings. The Morgan fingerprint density at radius 3 is 2.71 bits per heavy atom. The molecular weight excluding hydrogens is 286 g/mol. The average Bonchev–Trinajstić information content (AvgIpc) is 2.48. The molecule has 21 heavy (non-hydrogen) atoms. The molecule has 1 aliphatic heterocycles. The number of carbonyl (C=O) groups is 1. The Hall–Kier alpha value is -1.26. The third-order valence-electron chi connectivity index (χ3n) is 4.14. The van der Waals surface area contributed by atoms with E-state index < -0.39 is 0 Å². The van der Waals surface area contributed by atoms with E-state index in [-0.39, 0.29) is 5.91 Å². The van der Waals surface area contributed by atoms with Gasteiger partial charge >= 0.3 is 0 Å². The highest BCUT2D eigenvalue weighted by Crippen LogP contribution is 2.24. The first-order valence-corrected chi connectivity index (χ1v) is 7.89. The first-order chi connectivity index (χ1) is 10.0. The van der Waals surface area contributed by atoms with Crippen LogP contribution in [0.1, 0.15) is 30.1 Å². The van der Waals surface area contributed by atoms with Crippen LogP contribution in [0.2, 0.25) is 5.02 Å². The minimum absolute atomic E-state index is 0.0444. The monoisotopic (exact) mass is 309 g/mol. The molecule has 0 atom stereocenters. The number of hydrogen-bond donors (Lipinski definition) is 1. The summed E-state index contributed by atoms with van der Waals surface area (Å²) in [4.78, 5) is 17.0. The number of nitrogens with one attached hydrogen (secondary N) is 1. The largest absolute Gasteiger partial charge is 0.385 e. The molecule has 4 nitrogen and oxygen atoms in total. The summed E-state index contributed by atoms with van der Waals surface area (Å²) in [5.74, 6) is 0.0444. The first-order valence-electron chi connectivity index (χ1n) is 7.52. The predicted octanol–water partition coefficient (Wildman–Crippen LogP) is 2.94. The number of anilines is 1. The maximum Gasteiger partial charge on any atom is 0.255 e. The highest BCUT2D eigenvalue weighted by Gasteiger charge is 2.26. The molecule has 1 saturated heterocycles. The lowest BCUT2D eigenvalue weighted by molar-refractivity contribution is 0.0660. The molecule has 1 aromatic carbocycles. The van der Waals surface area contributed by atoms with Gasteiger partial charge in [-0.2, -0.15) is 0 Å². The van der Waals surface area contributed by atoms with Crippen LogP contribution in [-0.2, 0) is 0 Å². The number of amides is 1. The fourth-order valence-corrected chi connectivity index (χ4v) is 2.95. The van der Waals surface area contributed by atoms with E-state index in [4.69, 9.17) is 11.6 Å². The lowest BCUT2D eigenvalue weighted by Gasteiger charge is -2.35. The highest BCUT2D eigenvalue weighted by atomic mass is 35.5. The Kier molecular flexibility index (Phi) is 5.48. The lowest BCUT2D eigenvalue weighted by atomic mass is 10.0. The number of halogens is 1. The molecule has 1 N–H and O–H groups in total. The predicted molar refractivity (Wildman–Crippen MR) is 88.2 cm³/mol. The molecule has 0 unspecified atom stereocenters. The SMILES string of the molecule is CCNc1ccc(Cl)cc1C(=O)N(C)C1CCN(C)CC1. The van der Waals surface area contributed by atoms with Crippen LogP contribution in [0.15, 0.2) is 18.2 Å². The number of nitrogens with zero attached hydrogens (tertiary/aromatic N) is 2. The average molecular weight is 310 g/mol. The molecule has 0 saturated carbocycles. The quantitative estimate of drug-likeness (QED) is 0.929. The van der Waals surface area contributed by atoms with Gasteiger partial charge in [-0.3, -0.25) is 4.79 Å². The van der Waals surface area contributed by atoms with E-state index in [0.29, 0.717) is 16.6 Å². The van der Waals surface area contributed by atoms with Crippen molar-refractivity contribution in [2.75, 3.05) is 39.0 Å². The molecule has 1 aliphatic rings. The molecule has 1 amide bonds. The van der Waals surface area contributed by atoms with Crippen molar-refractivity contribution < 1.29 is 4.79 Å². The zero-order valence-corrected chi connectivity index (χ0v) is 13.8. The van der Waals surface area contributed by atoms with Gasteiger partial charge in [0, 0.05) is 30.3 Å². The van der Waals surface area contributed by atoms with E-state index in [1.54, 1.807) is 6.07 Å². The molecule has 1 aromatic rings. The molecule has 5 heteroatoms. The van der Waals surface area contributed by atoms with Crippen molar-refractivity contribution in [2.45, 2.75) is 25.8 Å². The zero-order chi connectivity index (χ0) is 15.4. The van der Waals surface area contributed by atoms with Crippen molar-refractivity contribution in [1.29, 1.82) is 0 Å². The van der Waals surface area contributed by atoms with E-state index in [0.717, 1.165) is 38.2 Å². The summed E-state index contributed by atoms with van der Waals surface area (Å²) in [7, 11) is 4.02. The van der Waals surface area contributed by atoms with Gasteiger partial charge in [-0.1, -0.05) is 11.6 Å². The lowest BCUT2D eigenvalue weighted by Crippen LogP contribution is -2.44. The topological polar surface area (TPSA) is 35.6 Å². The van der Waals surface area contributed by atoms with Crippen molar-refractivity contribution in [3.8, 4) is 0 Å². The van der Waals surface area contributed by atoms with Crippen LogP contribution in [0.4, 0.5) is 5.69 Å². The molecule has 2 rings (SSSR count). The molecule has 0 bridgehead atoms. The Balaban J connectivity index is 2.16. The number of hydrogen-bond acceptors (Lipinski definition) is 3. The molecule has 0 spiro atoms. The van der Waals surface area contributed by atoms with Crippen LogP contribution < -0.4 is 5.32 Å². The maximum atomic E-state index is 12.8.